The van der Waals surface area contributed by atoms with E-state index in [-0.39, 0.29) is 11.1 Å². The van der Waals surface area contributed by atoms with Crippen LogP contribution in [-0.2, 0) is 9.68 Å². The molecule has 0 spiro atoms. The number of carbonyl (C=O) groups excluding carboxylic acids is 3. The fraction of sp³-hybridized carbons (Fsp3) is 0.357. The summed E-state index contributed by atoms with van der Waals surface area (Å²) in [6.45, 7) is 2.05. The first-order valence-electron chi connectivity index (χ1n) is 6.46. The number of rotatable bonds is 6. The lowest BCUT2D eigenvalue weighted by atomic mass is 10.1. The Morgan fingerprint density at radius 2 is 1.52 bits per heavy atom. The van der Waals surface area contributed by atoms with Crippen LogP contribution in [-0.4, -0.2) is 23.0 Å². The van der Waals surface area contributed by atoms with E-state index in [1.165, 1.54) is 12.1 Å². The highest BCUT2D eigenvalue weighted by Gasteiger charge is 2.10. The van der Waals surface area contributed by atoms with E-state index in [1.807, 2.05) is 6.92 Å². The van der Waals surface area contributed by atoms with E-state index in [9.17, 15) is 14.4 Å². The van der Waals surface area contributed by atoms with Crippen molar-refractivity contribution in [3.05, 3.63) is 35.4 Å². The van der Waals surface area contributed by atoms with Crippen molar-refractivity contribution in [2.24, 2.45) is 11.5 Å². The zero-order valence-corrected chi connectivity index (χ0v) is 11.9. The van der Waals surface area contributed by atoms with Crippen LogP contribution in [0.3, 0.4) is 0 Å². The first-order valence-corrected chi connectivity index (χ1v) is 6.46. The van der Waals surface area contributed by atoms with E-state index in [0.717, 1.165) is 19.3 Å². The normalized spacial score (nSPS) is 9.24. The molecule has 0 bridgehead atoms. The number of hydrogen-bond acceptors (Lipinski definition) is 5. The minimum atomic E-state index is -0.649. The topological polar surface area (TPSA) is 133 Å². The number of carbonyl (C=O) groups is 3. The van der Waals surface area contributed by atoms with Crippen molar-refractivity contribution in [1.82, 2.24) is 0 Å². The minimum absolute atomic E-state index is 0.157. The molecule has 0 saturated heterocycles. The van der Waals surface area contributed by atoms with Gasteiger partial charge in [0.2, 0.25) is 11.8 Å². The van der Waals surface area contributed by atoms with Gasteiger partial charge in [-0.05, 0) is 18.6 Å². The van der Waals surface area contributed by atoms with E-state index in [0.29, 0.717) is 6.42 Å². The molecule has 0 radical (unpaired) electrons. The molecular formula is C14H20N2O5. The molecule has 0 fully saturated rings. The van der Waals surface area contributed by atoms with Crippen molar-refractivity contribution in [3.8, 4) is 0 Å². The number of primary amides is 2. The Morgan fingerprint density at radius 1 is 1.05 bits per heavy atom. The van der Waals surface area contributed by atoms with Gasteiger partial charge in [-0.25, -0.2) is 4.79 Å². The molecule has 5 N–H and O–H groups in total. The molecule has 2 amide bonds. The summed E-state index contributed by atoms with van der Waals surface area (Å²) >= 11 is 0. The highest BCUT2D eigenvalue weighted by molar-refractivity contribution is 6.06. The summed E-state index contributed by atoms with van der Waals surface area (Å²) in [6, 6.07) is 6.16. The first-order chi connectivity index (χ1) is 9.93. The Kier molecular flexibility index (Phi) is 9.19. The predicted octanol–water partition coefficient (Wildman–Crippen LogP) is 1.47. The van der Waals surface area contributed by atoms with Crippen LogP contribution in [0.2, 0.25) is 0 Å². The predicted molar refractivity (Wildman–Crippen MR) is 76.3 cm³/mol. The summed E-state index contributed by atoms with van der Waals surface area (Å²) in [5.41, 5.74) is 10.3. The van der Waals surface area contributed by atoms with Crippen molar-refractivity contribution >= 4 is 17.8 Å². The first kappa shape index (κ1) is 18.6. The molecule has 0 aliphatic heterocycles. The third-order valence-corrected chi connectivity index (χ3v) is 2.54. The smallest absolute Gasteiger partial charge is 0.342 e. The molecule has 1 aromatic carbocycles. The Morgan fingerprint density at radius 3 is 1.86 bits per heavy atom. The minimum Gasteiger partial charge on any atom is -0.366 e. The van der Waals surface area contributed by atoms with Gasteiger partial charge in [-0.1, -0.05) is 31.9 Å². The van der Waals surface area contributed by atoms with Gasteiger partial charge in [0.05, 0.1) is 11.1 Å². The van der Waals surface area contributed by atoms with Gasteiger partial charge in [-0.15, -0.1) is 0 Å². The molecule has 1 aromatic rings. The fourth-order valence-electron chi connectivity index (χ4n) is 1.48. The lowest BCUT2D eigenvalue weighted by Gasteiger charge is -2.00. The second-order valence-corrected chi connectivity index (χ2v) is 4.19. The van der Waals surface area contributed by atoms with Crippen LogP contribution in [0.4, 0.5) is 0 Å². The molecule has 0 unspecified atom stereocenters. The second kappa shape index (κ2) is 10.4. The zero-order chi connectivity index (χ0) is 16.3. The fourth-order valence-corrected chi connectivity index (χ4v) is 1.48. The lowest BCUT2D eigenvalue weighted by molar-refractivity contribution is -0.234. The van der Waals surface area contributed by atoms with E-state index in [4.69, 9.17) is 16.7 Å². The highest BCUT2D eigenvalue weighted by atomic mass is 17.1. The van der Waals surface area contributed by atoms with Gasteiger partial charge in [0.25, 0.3) is 0 Å². The van der Waals surface area contributed by atoms with Crippen LogP contribution >= 0.6 is 0 Å². The molecule has 7 nitrogen and oxygen atoms in total. The SMILES string of the molecule is CCCCCC(=O)OO.NC(=O)c1ccccc1C(N)=O. The van der Waals surface area contributed by atoms with Crippen molar-refractivity contribution in [2.75, 3.05) is 0 Å². The Hall–Kier alpha value is -2.41. The Bertz CT molecular complexity index is 455. The summed E-state index contributed by atoms with van der Waals surface area (Å²) in [5, 5.41) is 7.78. The van der Waals surface area contributed by atoms with Gasteiger partial charge in [-0.3, -0.25) is 9.59 Å². The molecule has 1 rings (SSSR count). The largest absolute Gasteiger partial charge is 0.366 e. The summed E-state index contributed by atoms with van der Waals surface area (Å²) in [4.78, 5) is 35.2. The van der Waals surface area contributed by atoms with Gasteiger partial charge in [0.15, 0.2) is 0 Å². The standard InChI is InChI=1S/C8H8N2O2.C6H12O3/c9-7(11)5-3-1-2-4-6(5)8(10)12;1-2-3-4-5-6(7)9-8/h1-4H,(H2,9,11)(H2,10,12);8H,2-5H2,1H3. The zero-order valence-electron chi connectivity index (χ0n) is 11.9. The van der Waals surface area contributed by atoms with Crippen LogP contribution in [0.1, 0.15) is 53.3 Å². The van der Waals surface area contributed by atoms with Gasteiger partial charge < -0.3 is 16.4 Å². The summed E-state index contributed by atoms with van der Waals surface area (Å²) in [6.07, 6.45) is 3.20. The van der Waals surface area contributed by atoms with Gasteiger partial charge in [-0.2, -0.15) is 5.26 Å². The van der Waals surface area contributed by atoms with Crippen LogP contribution in [0.15, 0.2) is 24.3 Å². The number of amides is 2. The van der Waals surface area contributed by atoms with Crippen LogP contribution in [0.5, 0.6) is 0 Å². The van der Waals surface area contributed by atoms with E-state index >= 15 is 0 Å². The van der Waals surface area contributed by atoms with Gasteiger partial charge in [0.1, 0.15) is 0 Å². The van der Waals surface area contributed by atoms with Gasteiger partial charge >= 0.3 is 5.97 Å². The number of benzene rings is 1. The number of hydrogen-bond donors (Lipinski definition) is 3. The molecule has 7 heteroatoms. The molecule has 0 aromatic heterocycles. The van der Waals surface area contributed by atoms with E-state index in [2.05, 4.69) is 4.89 Å². The molecular weight excluding hydrogens is 276 g/mol. The van der Waals surface area contributed by atoms with Crippen molar-refractivity contribution < 1.29 is 24.5 Å². The van der Waals surface area contributed by atoms with Crippen LogP contribution < -0.4 is 11.5 Å². The van der Waals surface area contributed by atoms with Gasteiger partial charge in [0, 0.05) is 6.42 Å². The molecule has 0 heterocycles. The van der Waals surface area contributed by atoms with Crippen molar-refractivity contribution in [2.45, 2.75) is 32.6 Å². The average Bonchev–Trinajstić information content (AvgIpc) is 2.47. The maximum absolute atomic E-state index is 10.7. The Balaban J connectivity index is 0.000000400. The molecule has 116 valence electrons. The highest BCUT2D eigenvalue weighted by Crippen LogP contribution is 2.06. The third-order valence-electron chi connectivity index (χ3n) is 2.54. The third kappa shape index (κ3) is 7.68. The van der Waals surface area contributed by atoms with Crippen molar-refractivity contribution in [1.29, 1.82) is 0 Å². The molecule has 0 aliphatic rings. The molecule has 0 atom stereocenters. The second-order valence-electron chi connectivity index (χ2n) is 4.19. The molecule has 0 aliphatic carbocycles. The molecule has 0 saturated carbocycles. The van der Waals surface area contributed by atoms with E-state index < -0.39 is 17.8 Å². The number of nitrogens with two attached hydrogens (primary N) is 2. The maximum atomic E-state index is 10.7. The average molecular weight is 296 g/mol. The van der Waals surface area contributed by atoms with Crippen molar-refractivity contribution in [3.63, 3.8) is 0 Å². The quantitative estimate of drug-likeness (QED) is 0.415. The van der Waals surface area contributed by atoms with E-state index in [1.54, 1.807) is 12.1 Å². The molecule has 21 heavy (non-hydrogen) atoms. The lowest BCUT2D eigenvalue weighted by Crippen LogP contribution is -2.20. The summed E-state index contributed by atoms with van der Waals surface area (Å²) in [5.74, 6) is -1.84. The van der Waals surface area contributed by atoms with Crippen LogP contribution in [0.25, 0.3) is 0 Å². The summed E-state index contributed by atoms with van der Waals surface area (Å²) < 4.78 is 0. The Labute approximate surface area is 122 Å². The maximum Gasteiger partial charge on any atom is 0.342 e. The monoisotopic (exact) mass is 296 g/mol. The number of unbranched alkanes of at least 4 members (excludes halogenated alkanes) is 2. The summed E-state index contributed by atoms with van der Waals surface area (Å²) in [7, 11) is 0. The van der Waals surface area contributed by atoms with Crippen LogP contribution in [0, 0.1) is 0 Å².